The fourth-order valence-corrected chi connectivity index (χ4v) is 3.36. The van der Waals surface area contributed by atoms with Crippen LogP contribution in [0.5, 0.6) is 0 Å². The quantitative estimate of drug-likeness (QED) is 0.344. The molecule has 0 saturated carbocycles. The van der Waals surface area contributed by atoms with Gasteiger partial charge in [-0.2, -0.15) is 0 Å². The van der Waals surface area contributed by atoms with Crippen molar-refractivity contribution in [3.8, 4) is 0 Å². The van der Waals surface area contributed by atoms with Gasteiger partial charge in [0, 0.05) is 0 Å². The van der Waals surface area contributed by atoms with Gasteiger partial charge in [-0.25, -0.2) is 4.79 Å². The molecule has 1 aliphatic rings. The lowest BCUT2D eigenvalue weighted by atomic mass is 9.99. The second-order valence-corrected chi connectivity index (χ2v) is 7.97. The predicted octanol–water partition coefficient (Wildman–Crippen LogP) is 6.05. The second kappa shape index (κ2) is 12.3. The molecule has 1 aromatic heterocycles. The number of hydrogen-bond acceptors (Lipinski definition) is 4. The van der Waals surface area contributed by atoms with Crippen LogP contribution in [0.25, 0.3) is 0 Å². The molecule has 1 atom stereocenters. The van der Waals surface area contributed by atoms with E-state index in [1.807, 2.05) is 18.4 Å². The summed E-state index contributed by atoms with van der Waals surface area (Å²) in [4.78, 5) is 11.5. The van der Waals surface area contributed by atoms with Crippen molar-refractivity contribution in [2.45, 2.75) is 65.7 Å². The van der Waals surface area contributed by atoms with Crippen LogP contribution in [0.3, 0.4) is 0 Å². The summed E-state index contributed by atoms with van der Waals surface area (Å²) in [5.41, 5.74) is 4.46. The molecular formula is C25H34O4. The maximum Gasteiger partial charge on any atom is 0.341 e. The first-order valence-electron chi connectivity index (χ1n) is 10.6. The summed E-state index contributed by atoms with van der Waals surface area (Å²) in [6, 6.07) is 2.02. The zero-order valence-electron chi connectivity index (χ0n) is 17.9. The Labute approximate surface area is 174 Å². The van der Waals surface area contributed by atoms with Crippen LogP contribution in [-0.4, -0.2) is 17.7 Å². The normalized spacial score (nSPS) is 17.6. The van der Waals surface area contributed by atoms with Crippen molar-refractivity contribution >= 4 is 5.97 Å². The van der Waals surface area contributed by atoms with E-state index in [9.17, 15) is 4.79 Å². The van der Waals surface area contributed by atoms with Crippen LogP contribution in [0.15, 0.2) is 69.8 Å². The highest BCUT2D eigenvalue weighted by Gasteiger charge is 2.20. The van der Waals surface area contributed by atoms with Crippen molar-refractivity contribution in [3.05, 3.63) is 70.9 Å². The van der Waals surface area contributed by atoms with E-state index in [0.29, 0.717) is 17.3 Å². The summed E-state index contributed by atoms with van der Waals surface area (Å²) in [5, 5.41) is 9.07. The van der Waals surface area contributed by atoms with Gasteiger partial charge in [0.15, 0.2) is 0 Å². The van der Waals surface area contributed by atoms with Crippen molar-refractivity contribution < 1.29 is 19.1 Å². The maximum atomic E-state index is 11.5. The summed E-state index contributed by atoms with van der Waals surface area (Å²) in [6.45, 7) is 6.27. The Morgan fingerprint density at radius 2 is 1.93 bits per heavy atom. The van der Waals surface area contributed by atoms with E-state index < -0.39 is 5.97 Å². The van der Waals surface area contributed by atoms with Gasteiger partial charge >= 0.3 is 5.97 Å². The van der Waals surface area contributed by atoms with Crippen LogP contribution in [-0.2, 0) is 16.0 Å². The molecule has 4 heteroatoms. The predicted molar refractivity (Wildman–Crippen MR) is 116 cm³/mol. The molecule has 0 bridgehead atoms. The number of aliphatic hydroxyl groups excluding tert-OH is 1. The van der Waals surface area contributed by atoms with E-state index in [-0.39, 0.29) is 6.61 Å². The molecule has 0 fully saturated rings. The highest BCUT2D eigenvalue weighted by Crippen LogP contribution is 2.21. The van der Waals surface area contributed by atoms with Crippen LogP contribution >= 0.6 is 0 Å². The lowest BCUT2D eigenvalue weighted by molar-refractivity contribution is -0.133. The number of rotatable bonds is 12. The number of aliphatic hydroxyl groups is 1. The third-order valence-electron chi connectivity index (χ3n) is 5.18. The lowest BCUT2D eigenvalue weighted by Gasteiger charge is -2.08. The first-order valence-corrected chi connectivity index (χ1v) is 10.6. The number of cyclic esters (lactones) is 1. The van der Waals surface area contributed by atoms with E-state index in [2.05, 4.69) is 32.9 Å². The maximum absolute atomic E-state index is 11.5. The smallest absolute Gasteiger partial charge is 0.341 e. The van der Waals surface area contributed by atoms with Gasteiger partial charge in [0.05, 0.1) is 24.7 Å². The van der Waals surface area contributed by atoms with Gasteiger partial charge in [0.1, 0.15) is 5.76 Å². The summed E-state index contributed by atoms with van der Waals surface area (Å²) >= 11 is 0. The number of aryl methyl sites for hydroxylation is 1. The molecule has 2 rings (SSSR count). The van der Waals surface area contributed by atoms with Gasteiger partial charge in [-0.15, -0.1) is 0 Å². The minimum absolute atomic E-state index is 0.270. The third-order valence-corrected chi connectivity index (χ3v) is 5.18. The van der Waals surface area contributed by atoms with E-state index >= 15 is 0 Å². The summed E-state index contributed by atoms with van der Waals surface area (Å²) in [6.07, 6.45) is 19.4. The number of ether oxygens (including phenoxy) is 1. The van der Waals surface area contributed by atoms with E-state index in [0.717, 1.165) is 44.9 Å². The molecule has 0 aromatic carbocycles. The number of carbonyl (C=O) groups excluding carboxylic acids is 1. The number of allylic oxidation sites excluding steroid dienone is 6. The average Bonchev–Trinajstić information content (AvgIpc) is 3.31. The Kier molecular flexibility index (Phi) is 9.72. The van der Waals surface area contributed by atoms with Crippen LogP contribution in [0.2, 0.25) is 0 Å². The zero-order valence-corrected chi connectivity index (χ0v) is 17.9. The molecule has 29 heavy (non-hydrogen) atoms. The molecule has 1 N–H and O–H groups in total. The molecule has 0 unspecified atom stereocenters. The Bertz CT molecular complexity index is 763. The first-order chi connectivity index (χ1) is 14.0. The van der Waals surface area contributed by atoms with Gasteiger partial charge in [0.25, 0.3) is 0 Å². The fourth-order valence-electron chi connectivity index (χ4n) is 3.36. The Hall–Kier alpha value is -2.33. The minimum atomic E-state index is -0.435. The topological polar surface area (TPSA) is 59.7 Å². The van der Waals surface area contributed by atoms with Crippen molar-refractivity contribution in [1.82, 2.24) is 0 Å². The summed E-state index contributed by atoms with van der Waals surface area (Å²) in [7, 11) is 0. The molecular weight excluding hydrogens is 364 g/mol. The Balaban J connectivity index is 1.62. The van der Waals surface area contributed by atoms with Crippen LogP contribution in [0.1, 0.15) is 64.9 Å². The molecule has 0 amide bonds. The Morgan fingerprint density at radius 3 is 2.62 bits per heavy atom. The highest BCUT2D eigenvalue weighted by molar-refractivity contribution is 5.92. The molecule has 0 spiro atoms. The highest BCUT2D eigenvalue weighted by atomic mass is 16.5. The van der Waals surface area contributed by atoms with Gasteiger partial charge in [-0.05, 0) is 88.5 Å². The summed E-state index contributed by atoms with van der Waals surface area (Å²) < 4.78 is 10.2. The van der Waals surface area contributed by atoms with Crippen molar-refractivity contribution in [2.24, 2.45) is 5.92 Å². The number of furan rings is 1. The molecule has 0 aliphatic carbocycles. The average molecular weight is 399 g/mol. The number of esters is 1. The number of carbonyl (C=O) groups is 1. The number of hydrogen-bond donors (Lipinski definition) is 1. The van der Waals surface area contributed by atoms with Gasteiger partial charge < -0.3 is 14.3 Å². The van der Waals surface area contributed by atoms with Crippen molar-refractivity contribution in [3.63, 3.8) is 0 Å². The minimum Gasteiger partial charge on any atom is -0.472 e. The molecule has 0 radical (unpaired) electrons. The van der Waals surface area contributed by atoms with Gasteiger partial charge in [-0.3, -0.25) is 0 Å². The first kappa shape index (κ1) is 23.0. The van der Waals surface area contributed by atoms with Crippen LogP contribution < -0.4 is 0 Å². The van der Waals surface area contributed by atoms with Gasteiger partial charge in [0.2, 0.25) is 0 Å². The zero-order chi connectivity index (χ0) is 21.1. The van der Waals surface area contributed by atoms with E-state index in [4.69, 9.17) is 14.3 Å². The van der Waals surface area contributed by atoms with Crippen LogP contribution in [0, 0.1) is 5.92 Å². The van der Waals surface area contributed by atoms with Crippen LogP contribution in [0.4, 0.5) is 0 Å². The standard InChI is InChI=1S/C25H34O4/c1-19(7-4-8-20(2)10-6-12-22-13-14-28-18-22)9-5-11-21(3)15-24-16-23(17-26)25(27)29-24/h7,10,13-16,18,21,26H,4-6,8-9,11-12,17H2,1-3H3/b19-7+,20-10+,24-15+/t21-/m1/s1. The molecule has 1 aliphatic heterocycles. The Morgan fingerprint density at radius 1 is 1.17 bits per heavy atom. The molecule has 0 saturated heterocycles. The largest absolute Gasteiger partial charge is 0.472 e. The van der Waals surface area contributed by atoms with Gasteiger partial charge in [-0.1, -0.05) is 30.2 Å². The SMILES string of the molecule is C/C(=C\CCc1ccoc1)CC/C=C(\C)CCC[C@@H](C)/C=C1\C=C(CO)C(=O)O1. The third kappa shape index (κ3) is 8.70. The molecule has 4 nitrogen and oxygen atoms in total. The fraction of sp³-hybridized carbons (Fsp3) is 0.480. The molecule has 1 aromatic rings. The van der Waals surface area contributed by atoms with Crippen molar-refractivity contribution in [2.75, 3.05) is 6.61 Å². The molecule has 2 heterocycles. The lowest BCUT2D eigenvalue weighted by Crippen LogP contribution is -2.02. The monoisotopic (exact) mass is 398 g/mol. The van der Waals surface area contributed by atoms with Crippen molar-refractivity contribution in [1.29, 1.82) is 0 Å². The van der Waals surface area contributed by atoms with E-state index in [1.165, 1.54) is 16.7 Å². The van der Waals surface area contributed by atoms with E-state index in [1.54, 1.807) is 12.3 Å². The summed E-state index contributed by atoms with van der Waals surface area (Å²) in [5.74, 6) is 0.463. The second-order valence-electron chi connectivity index (χ2n) is 7.97. The molecule has 158 valence electrons.